The summed E-state index contributed by atoms with van der Waals surface area (Å²) in [6.45, 7) is 4.41. The van der Waals surface area contributed by atoms with Crippen LogP contribution in [0.1, 0.15) is 41.4 Å². The van der Waals surface area contributed by atoms with Crippen LogP contribution < -0.4 is 4.72 Å². The second kappa shape index (κ2) is 9.12. The van der Waals surface area contributed by atoms with Crippen LogP contribution in [0.15, 0.2) is 28.5 Å². The minimum absolute atomic E-state index is 0.0595. The predicted octanol–water partition coefficient (Wildman–Crippen LogP) is 3.35. The molecule has 0 atom stereocenters. The normalized spacial score (nSPS) is 13.8. The van der Waals surface area contributed by atoms with E-state index in [9.17, 15) is 13.2 Å². The number of benzene rings is 1. The van der Waals surface area contributed by atoms with Gasteiger partial charge in [0.1, 0.15) is 11.8 Å². The summed E-state index contributed by atoms with van der Waals surface area (Å²) in [5.74, 6) is 0.246. The maximum Gasteiger partial charge on any atom is 0.211 e. The second-order valence-electron chi connectivity index (χ2n) is 7.29. The van der Waals surface area contributed by atoms with Crippen LogP contribution in [-0.4, -0.2) is 46.0 Å². The Bertz CT molecular complexity index is 1270. The number of aromatic nitrogens is 4. The van der Waals surface area contributed by atoms with E-state index in [4.69, 9.17) is 4.98 Å². The number of carbonyl (C=O) groups is 1. The van der Waals surface area contributed by atoms with Crippen LogP contribution in [0.2, 0.25) is 0 Å². The third-order valence-corrected chi connectivity index (χ3v) is 8.94. The lowest BCUT2D eigenvalue weighted by Crippen LogP contribution is -2.27. The molecule has 0 radical (unpaired) electrons. The van der Waals surface area contributed by atoms with Gasteiger partial charge in [-0.15, -0.1) is 0 Å². The number of hydrogen-bond acceptors (Lipinski definition) is 7. The zero-order valence-electron chi connectivity index (χ0n) is 17.2. The van der Waals surface area contributed by atoms with Crippen molar-refractivity contribution in [1.82, 2.24) is 24.2 Å². The predicted molar refractivity (Wildman–Crippen MR) is 128 cm³/mol. The quantitative estimate of drug-likeness (QED) is 0.327. The van der Waals surface area contributed by atoms with Crippen molar-refractivity contribution in [3.8, 4) is 0 Å². The Hall–Kier alpha value is -1.57. The van der Waals surface area contributed by atoms with Gasteiger partial charge in [-0.2, -0.15) is 0 Å². The van der Waals surface area contributed by atoms with E-state index in [0.717, 1.165) is 48.0 Å². The van der Waals surface area contributed by atoms with Crippen molar-refractivity contribution in [3.05, 3.63) is 38.9 Å². The molecule has 0 unspecified atom stereocenters. The smallest absolute Gasteiger partial charge is 0.211 e. The summed E-state index contributed by atoms with van der Waals surface area (Å²) in [7, 11) is -3.22. The number of hydrogen-bond donors (Lipinski definition) is 1. The molecule has 164 valence electrons. The molecule has 2 heterocycles. The number of aryl methyl sites for hydroxylation is 3. The maximum atomic E-state index is 12.2. The van der Waals surface area contributed by atoms with Crippen molar-refractivity contribution in [2.75, 3.05) is 12.3 Å². The Morgan fingerprint density at radius 1 is 1.26 bits per heavy atom. The lowest BCUT2D eigenvalue weighted by Gasteiger charge is -2.11. The first kappa shape index (κ1) is 22.6. The van der Waals surface area contributed by atoms with Crippen LogP contribution in [-0.2, 0) is 23.0 Å². The van der Waals surface area contributed by atoms with E-state index in [1.807, 2.05) is 17.6 Å². The van der Waals surface area contributed by atoms with Gasteiger partial charge in [0.2, 0.25) is 10.0 Å². The van der Waals surface area contributed by atoms with E-state index in [1.54, 1.807) is 6.92 Å². The van der Waals surface area contributed by atoms with Crippen molar-refractivity contribution in [2.24, 2.45) is 0 Å². The number of carbonyl (C=O) groups excluding carboxylic acids is 1. The highest BCUT2D eigenvalue weighted by atomic mass is 127. The average Bonchev–Trinajstić information content (AvgIpc) is 3.27. The highest BCUT2D eigenvalue weighted by Crippen LogP contribution is 2.36. The molecule has 0 aliphatic heterocycles. The van der Waals surface area contributed by atoms with Crippen molar-refractivity contribution >= 4 is 61.3 Å². The van der Waals surface area contributed by atoms with Gasteiger partial charge < -0.3 is 4.57 Å². The number of rotatable bonds is 8. The maximum absolute atomic E-state index is 12.2. The van der Waals surface area contributed by atoms with Gasteiger partial charge in [-0.25, -0.2) is 28.1 Å². The van der Waals surface area contributed by atoms with Gasteiger partial charge in [0, 0.05) is 33.5 Å². The Labute approximate surface area is 198 Å². The number of nitrogens with one attached hydrogen (secondary N) is 1. The fourth-order valence-electron chi connectivity index (χ4n) is 3.50. The first-order valence-electron chi connectivity index (χ1n) is 9.97. The van der Waals surface area contributed by atoms with E-state index in [-0.39, 0.29) is 11.5 Å². The van der Waals surface area contributed by atoms with Gasteiger partial charge in [0.15, 0.2) is 16.6 Å². The molecule has 0 bridgehead atoms. The van der Waals surface area contributed by atoms with Crippen molar-refractivity contribution in [1.29, 1.82) is 0 Å². The summed E-state index contributed by atoms with van der Waals surface area (Å²) in [5, 5.41) is 0.750. The Balaban J connectivity index is 1.65. The van der Waals surface area contributed by atoms with Gasteiger partial charge in [0.25, 0.3) is 0 Å². The van der Waals surface area contributed by atoms with E-state index in [0.29, 0.717) is 25.9 Å². The third kappa shape index (κ3) is 4.78. The monoisotopic (exact) mass is 571 g/mol. The molecule has 1 aliphatic carbocycles. The molecule has 1 aromatic carbocycles. The SMILES string of the molecule is CCS(=O)(=O)NCCCn1c(Sc2cc3c(cc2I)CCC3=O)nc2c(C)ncnc21. The van der Waals surface area contributed by atoms with Crippen molar-refractivity contribution in [3.63, 3.8) is 0 Å². The minimum atomic E-state index is -3.22. The van der Waals surface area contributed by atoms with Crippen molar-refractivity contribution in [2.45, 2.75) is 49.7 Å². The molecule has 0 saturated heterocycles. The van der Waals surface area contributed by atoms with Crippen LogP contribution in [0.3, 0.4) is 0 Å². The van der Waals surface area contributed by atoms with E-state index >= 15 is 0 Å². The molecular formula is C20H22IN5O3S2. The summed E-state index contributed by atoms with van der Waals surface area (Å²) in [5.41, 5.74) is 4.15. The first-order valence-corrected chi connectivity index (χ1v) is 13.5. The van der Waals surface area contributed by atoms with Gasteiger partial charge in [-0.3, -0.25) is 4.79 Å². The van der Waals surface area contributed by atoms with Crippen LogP contribution >= 0.6 is 34.4 Å². The molecule has 0 fully saturated rings. The molecule has 11 heteroatoms. The van der Waals surface area contributed by atoms with Crippen LogP contribution in [0, 0.1) is 10.5 Å². The molecule has 2 aromatic heterocycles. The first-order chi connectivity index (χ1) is 14.8. The zero-order valence-corrected chi connectivity index (χ0v) is 21.0. The molecule has 1 aliphatic rings. The molecule has 1 N–H and O–H groups in total. The molecule has 0 saturated carbocycles. The fourth-order valence-corrected chi connectivity index (χ4v) is 5.97. The van der Waals surface area contributed by atoms with Crippen molar-refractivity contribution < 1.29 is 13.2 Å². The summed E-state index contributed by atoms with van der Waals surface area (Å²) < 4.78 is 29.1. The van der Waals surface area contributed by atoms with E-state index in [2.05, 4.69) is 43.3 Å². The number of ketones is 1. The summed E-state index contributed by atoms with van der Waals surface area (Å²) in [4.78, 5) is 26.6. The van der Waals surface area contributed by atoms with Gasteiger partial charge in [-0.1, -0.05) is 11.8 Å². The van der Waals surface area contributed by atoms with Crippen LogP contribution in [0.4, 0.5) is 0 Å². The molecule has 4 rings (SSSR count). The highest BCUT2D eigenvalue weighted by Gasteiger charge is 2.23. The fraction of sp³-hybridized carbons (Fsp3) is 0.400. The molecule has 8 nitrogen and oxygen atoms in total. The Morgan fingerprint density at radius 2 is 2.06 bits per heavy atom. The van der Waals surface area contributed by atoms with Crippen LogP contribution in [0.5, 0.6) is 0 Å². The molecule has 0 spiro atoms. The average molecular weight is 571 g/mol. The van der Waals surface area contributed by atoms with E-state index < -0.39 is 10.0 Å². The third-order valence-electron chi connectivity index (χ3n) is 5.22. The standard InChI is InChI=1S/C20H22IN5O3S2/c1-3-31(28,29)24-7-4-8-26-19-18(12(2)22-11-23-19)25-20(26)30-17-10-14-13(9-15(17)21)5-6-16(14)27/h9-11,24H,3-8H2,1-2H3. The summed E-state index contributed by atoms with van der Waals surface area (Å²) in [6.07, 6.45) is 3.49. The lowest BCUT2D eigenvalue weighted by molar-refractivity contribution is 0.0994. The topological polar surface area (TPSA) is 107 Å². The second-order valence-corrected chi connectivity index (χ2v) is 11.6. The molecule has 3 aromatic rings. The number of sulfonamides is 1. The molecule has 0 amide bonds. The minimum Gasteiger partial charge on any atom is -0.303 e. The highest BCUT2D eigenvalue weighted by molar-refractivity contribution is 14.1. The number of Topliss-reactive ketones (excluding diaryl/α,β-unsaturated/α-hetero) is 1. The number of imidazole rings is 1. The molecule has 31 heavy (non-hydrogen) atoms. The summed E-state index contributed by atoms with van der Waals surface area (Å²) >= 11 is 3.80. The van der Waals surface area contributed by atoms with Gasteiger partial charge in [0.05, 0.1) is 11.4 Å². The largest absolute Gasteiger partial charge is 0.303 e. The van der Waals surface area contributed by atoms with Crippen LogP contribution in [0.25, 0.3) is 11.2 Å². The number of fused-ring (bicyclic) bond motifs is 2. The van der Waals surface area contributed by atoms with E-state index in [1.165, 1.54) is 18.1 Å². The molecular weight excluding hydrogens is 549 g/mol. The summed E-state index contributed by atoms with van der Waals surface area (Å²) in [6, 6.07) is 4.05. The zero-order chi connectivity index (χ0) is 22.2. The lowest BCUT2D eigenvalue weighted by atomic mass is 10.1. The van der Waals surface area contributed by atoms with Gasteiger partial charge in [-0.05, 0) is 67.0 Å². The number of halogens is 1. The Morgan fingerprint density at radius 3 is 2.84 bits per heavy atom. The van der Waals surface area contributed by atoms with Gasteiger partial charge >= 0.3 is 0 Å². The number of nitrogens with zero attached hydrogens (tertiary/aromatic N) is 4. The Kier molecular flexibility index (Phi) is 6.65.